The van der Waals surface area contributed by atoms with E-state index < -0.39 is 0 Å². The van der Waals surface area contributed by atoms with Crippen molar-refractivity contribution in [3.8, 4) is 0 Å². The van der Waals surface area contributed by atoms with Crippen LogP contribution >= 0.6 is 0 Å². The molecular formula is C8H8N2. The molecule has 50 valence electrons. The number of hydrogen-bond acceptors (Lipinski definition) is 1. The van der Waals surface area contributed by atoms with E-state index in [9.17, 15) is 0 Å². The minimum atomic E-state index is 0.811. The third kappa shape index (κ3) is 0.658. The fourth-order valence-corrected chi connectivity index (χ4v) is 1.05. The van der Waals surface area contributed by atoms with E-state index in [2.05, 4.69) is 0 Å². The Kier molecular flexibility index (Phi) is 0.947. The maximum atomic E-state index is 5.57. The molecule has 2 heterocycles. The lowest BCUT2D eigenvalue weighted by molar-refractivity contribution is 1.20. The van der Waals surface area contributed by atoms with Crippen LogP contribution in [0.25, 0.3) is 5.52 Å². The maximum absolute atomic E-state index is 5.57. The molecule has 0 atom stereocenters. The lowest BCUT2D eigenvalue weighted by Gasteiger charge is -1.94. The molecule has 0 radical (unpaired) electrons. The predicted molar refractivity (Wildman–Crippen MR) is 41.8 cm³/mol. The Labute approximate surface area is 58.9 Å². The molecule has 0 unspecified atom stereocenters. The zero-order chi connectivity index (χ0) is 6.97. The van der Waals surface area contributed by atoms with Crippen LogP contribution in [0.4, 0.5) is 5.69 Å². The summed E-state index contributed by atoms with van der Waals surface area (Å²) in [6.07, 6.45) is 3.94. The first-order chi connectivity index (χ1) is 4.86. The molecule has 0 saturated carbocycles. The molecule has 0 bridgehead atoms. The number of rotatable bonds is 0. The van der Waals surface area contributed by atoms with Gasteiger partial charge in [-0.15, -0.1) is 0 Å². The molecule has 0 aliphatic rings. The highest BCUT2D eigenvalue weighted by Crippen LogP contribution is 2.08. The summed E-state index contributed by atoms with van der Waals surface area (Å²) < 4.78 is 2.02. The van der Waals surface area contributed by atoms with Gasteiger partial charge in [0, 0.05) is 23.6 Å². The van der Waals surface area contributed by atoms with Crippen LogP contribution in [0.1, 0.15) is 0 Å². The minimum absolute atomic E-state index is 0.811. The predicted octanol–water partition coefficient (Wildman–Crippen LogP) is 1.52. The topological polar surface area (TPSA) is 30.4 Å². The largest absolute Gasteiger partial charge is 0.399 e. The van der Waals surface area contributed by atoms with Crippen molar-refractivity contribution in [2.75, 3.05) is 5.73 Å². The van der Waals surface area contributed by atoms with Gasteiger partial charge in [-0.2, -0.15) is 0 Å². The van der Waals surface area contributed by atoms with E-state index >= 15 is 0 Å². The highest BCUT2D eigenvalue weighted by Gasteiger charge is 1.89. The summed E-state index contributed by atoms with van der Waals surface area (Å²) in [4.78, 5) is 0. The monoisotopic (exact) mass is 132 g/mol. The summed E-state index contributed by atoms with van der Waals surface area (Å²) in [7, 11) is 0. The van der Waals surface area contributed by atoms with Crippen molar-refractivity contribution in [3.63, 3.8) is 0 Å². The van der Waals surface area contributed by atoms with Crippen LogP contribution in [-0.4, -0.2) is 4.40 Å². The van der Waals surface area contributed by atoms with Crippen molar-refractivity contribution in [2.24, 2.45) is 0 Å². The number of pyridine rings is 1. The van der Waals surface area contributed by atoms with Gasteiger partial charge in [0.2, 0.25) is 0 Å². The second kappa shape index (κ2) is 1.77. The summed E-state index contributed by atoms with van der Waals surface area (Å²) in [5.74, 6) is 0. The fraction of sp³-hybridized carbons (Fsp3) is 0. The van der Waals surface area contributed by atoms with E-state index in [1.165, 1.54) is 0 Å². The number of aromatic nitrogens is 1. The smallest absolute Gasteiger partial charge is 0.0470 e. The van der Waals surface area contributed by atoms with E-state index in [0.29, 0.717) is 0 Å². The summed E-state index contributed by atoms with van der Waals surface area (Å²) in [5, 5.41) is 0. The summed E-state index contributed by atoms with van der Waals surface area (Å²) in [6, 6.07) is 7.85. The van der Waals surface area contributed by atoms with Gasteiger partial charge < -0.3 is 10.1 Å². The third-order valence-electron chi connectivity index (χ3n) is 1.55. The minimum Gasteiger partial charge on any atom is -0.399 e. The van der Waals surface area contributed by atoms with Gasteiger partial charge in [0.15, 0.2) is 0 Å². The van der Waals surface area contributed by atoms with Crippen molar-refractivity contribution in [1.82, 2.24) is 4.40 Å². The van der Waals surface area contributed by atoms with Gasteiger partial charge >= 0.3 is 0 Å². The molecule has 0 aromatic carbocycles. The Morgan fingerprint density at radius 2 is 2.10 bits per heavy atom. The first-order valence-electron chi connectivity index (χ1n) is 3.18. The average Bonchev–Trinajstić information content (AvgIpc) is 2.33. The standard InChI is InChI=1S/C8H8N2/c9-7-3-5-10-4-1-2-8(10)6-7/h1-6H,9H2. The van der Waals surface area contributed by atoms with Crippen LogP contribution in [0.3, 0.4) is 0 Å². The average molecular weight is 132 g/mol. The van der Waals surface area contributed by atoms with E-state index in [-0.39, 0.29) is 0 Å². The first-order valence-corrected chi connectivity index (χ1v) is 3.18. The summed E-state index contributed by atoms with van der Waals surface area (Å²) in [6.45, 7) is 0. The Balaban J connectivity index is 2.86. The van der Waals surface area contributed by atoms with Crippen LogP contribution < -0.4 is 5.73 Å². The molecule has 0 fully saturated rings. The first kappa shape index (κ1) is 5.35. The highest BCUT2D eigenvalue weighted by molar-refractivity contribution is 5.56. The van der Waals surface area contributed by atoms with Crippen LogP contribution in [0, 0.1) is 0 Å². The van der Waals surface area contributed by atoms with E-state index in [0.717, 1.165) is 11.2 Å². The molecule has 0 amide bonds. The van der Waals surface area contributed by atoms with E-state index in [1.54, 1.807) is 0 Å². The van der Waals surface area contributed by atoms with Gasteiger partial charge in [0.1, 0.15) is 0 Å². The second-order valence-corrected chi connectivity index (χ2v) is 2.30. The van der Waals surface area contributed by atoms with Crippen LogP contribution in [0.15, 0.2) is 36.7 Å². The molecule has 2 aromatic rings. The fourth-order valence-electron chi connectivity index (χ4n) is 1.05. The number of nitrogens with two attached hydrogens (primary N) is 1. The van der Waals surface area contributed by atoms with Gasteiger partial charge in [-0.3, -0.25) is 0 Å². The van der Waals surface area contributed by atoms with Gasteiger partial charge in [0.05, 0.1) is 0 Å². The quantitative estimate of drug-likeness (QED) is 0.578. The van der Waals surface area contributed by atoms with E-state index in [1.807, 2.05) is 41.1 Å². The Morgan fingerprint density at radius 1 is 1.20 bits per heavy atom. The third-order valence-corrected chi connectivity index (χ3v) is 1.55. The Bertz CT molecular complexity index is 349. The molecule has 2 aromatic heterocycles. The van der Waals surface area contributed by atoms with Crippen molar-refractivity contribution in [3.05, 3.63) is 36.7 Å². The zero-order valence-corrected chi connectivity index (χ0v) is 5.49. The SMILES string of the molecule is Nc1ccn2cccc2c1. The number of nitrogen functional groups attached to an aromatic ring is 1. The molecule has 2 heteroatoms. The van der Waals surface area contributed by atoms with Gasteiger partial charge in [-0.25, -0.2) is 0 Å². The van der Waals surface area contributed by atoms with Gasteiger partial charge in [0.25, 0.3) is 0 Å². The molecule has 0 spiro atoms. The lowest BCUT2D eigenvalue weighted by Crippen LogP contribution is -1.86. The highest BCUT2D eigenvalue weighted by atomic mass is 14.8. The molecule has 2 rings (SSSR count). The molecule has 0 aliphatic heterocycles. The van der Waals surface area contributed by atoms with Crippen molar-refractivity contribution < 1.29 is 0 Å². The molecular weight excluding hydrogens is 124 g/mol. The van der Waals surface area contributed by atoms with Crippen LogP contribution in [-0.2, 0) is 0 Å². The molecule has 10 heavy (non-hydrogen) atoms. The lowest BCUT2D eigenvalue weighted by atomic mass is 10.4. The number of anilines is 1. The molecule has 0 aliphatic carbocycles. The van der Waals surface area contributed by atoms with Crippen LogP contribution in [0.5, 0.6) is 0 Å². The second-order valence-electron chi connectivity index (χ2n) is 2.30. The summed E-state index contributed by atoms with van der Waals surface area (Å²) >= 11 is 0. The number of hydrogen-bond donors (Lipinski definition) is 1. The van der Waals surface area contributed by atoms with Gasteiger partial charge in [-0.05, 0) is 24.3 Å². The number of fused-ring (bicyclic) bond motifs is 1. The zero-order valence-electron chi connectivity index (χ0n) is 5.49. The Morgan fingerprint density at radius 3 is 3.00 bits per heavy atom. The number of nitrogens with zero attached hydrogens (tertiary/aromatic N) is 1. The normalized spacial score (nSPS) is 10.4. The van der Waals surface area contributed by atoms with E-state index in [4.69, 9.17) is 5.73 Å². The summed E-state index contributed by atoms with van der Waals surface area (Å²) in [5.41, 5.74) is 7.52. The van der Waals surface area contributed by atoms with Crippen molar-refractivity contribution in [2.45, 2.75) is 0 Å². The van der Waals surface area contributed by atoms with Crippen LogP contribution in [0.2, 0.25) is 0 Å². The molecule has 2 N–H and O–H groups in total. The maximum Gasteiger partial charge on any atom is 0.0470 e. The molecule has 2 nitrogen and oxygen atoms in total. The van der Waals surface area contributed by atoms with Crippen molar-refractivity contribution in [1.29, 1.82) is 0 Å². The van der Waals surface area contributed by atoms with Gasteiger partial charge in [-0.1, -0.05) is 0 Å². The Hall–Kier alpha value is -1.44. The molecule has 0 saturated heterocycles. The van der Waals surface area contributed by atoms with Crippen molar-refractivity contribution >= 4 is 11.2 Å².